The SMILES string of the molecule is Cc1cc([N+](=O)[O-])cc(S(=O)(=O)N[C@@H](C)c2ccccn2)c1C. The minimum absolute atomic E-state index is 0.0908. The summed E-state index contributed by atoms with van der Waals surface area (Å²) >= 11 is 0. The number of hydrogen-bond donors (Lipinski definition) is 1. The van der Waals surface area contributed by atoms with E-state index in [9.17, 15) is 18.5 Å². The lowest BCUT2D eigenvalue weighted by Gasteiger charge is -2.15. The normalized spacial score (nSPS) is 12.8. The Morgan fingerprint density at radius 1 is 1.26 bits per heavy atom. The molecule has 0 aliphatic carbocycles. The predicted octanol–water partition coefficient (Wildman–Crippen LogP) is 2.65. The number of aromatic nitrogens is 1. The van der Waals surface area contributed by atoms with Crippen molar-refractivity contribution in [1.82, 2.24) is 9.71 Å². The topological polar surface area (TPSA) is 102 Å². The average molecular weight is 335 g/mol. The number of hydrogen-bond acceptors (Lipinski definition) is 5. The van der Waals surface area contributed by atoms with Crippen molar-refractivity contribution in [3.63, 3.8) is 0 Å². The second kappa shape index (κ2) is 6.43. The molecule has 23 heavy (non-hydrogen) atoms. The third-order valence-electron chi connectivity index (χ3n) is 3.57. The van der Waals surface area contributed by atoms with Gasteiger partial charge in [-0.3, -0.25) is 15.1 Å². The molecule has 0 spiro atoms. The van der Waals surface area contributed by atoms with Crippen molar-refractivity contribution in [2.24, 2.45) is 0 Å². The van der Waals surface area contributed by atoms with E-state index < -0.39 is 21.0 Å². The van der Waals surface area contributed by atoms with Gasteiger partial charge in [-0.15, -0.1) is 0 Å². The molecule has 122 valence electrons. The van der Waals surface area contributed by atoms with Crippen LogP contribution in [0.5, 0.6) is 0 Å². The van der Waals surface area contributed by atoms with Crippen molar-refractivity contribution in [2.75, 3.05) is 0 Å². The van der Waals surface area contributed by atoms with Gasteiger partial charge in [-0.1, -0.05) is 6.07 Å². The number of pyridine rings is 1. The van der Waals surface area contributed by atoms with Gasteiger partial charge in [0.15, 0.2) is 0 Å². The predicted molar refractivity (Wildman–Crippen MR) is 85.5 cm³/mol. The van der Waals surface area contributed by atoms with Crippen LogP contribution in [-0.2, 0) is 10.0 Å². The van der Waals surface area contributed by atoms with Gasteiger partial charge in [0.25, 0.3) is 5.69 Å². The summed E-state index contributed by atoms with van der Waals surface area (Å²) in [5.74, 6) is 0. The van der Waals surface area contributed by atoms with Crippen LogP contribution in [0.2, 0.25) is 0 Å². The Bertz CT molecular complexity index is 835. The lowest BCUT2D eigenvalue weighted by Crippen LogP contribution is -2.28. The summed E-state index contributed by atoms with van der Waals surface area (Å²) in [7, 11) is -3.91. The summed E-state index contributed by atoms with van der Waals surface area (Å²) in [6, 6.07) is 7.08. The monoisotopic (exact) mass is 335 g/mol. The summed E-state index contributed by atoms with van der Waals surface area (Å²) in [6.07, 6.45) is 1.57. The van der Waals surface area contributed by atoms with Crippen LogP contribution < -0.4 is 4.72 Å². The van der Waals surface area contributed by atoms with Gasteiger partial charge in [0, 0.05) is 18.3 Å². The zero-order valence-corrected chi connectivity index (χ0v) is 13.8. The summed E-state index contributed by atoms with van der Waals surface area (Å²) in [5, 5.41) is 11.0. The van der Waals surface area contributed by atoms with Crippen LogP contribution >= 0.6 is 0 Å². The number of sulfonamides is 1. The zero-order valence-electron chi connectivity index (χ0n) is 13.0. The Morgan fingerprint density at radius 3 is 2.52 bits per heavy atom. The van der Waals surface area contributed by atoms with E-state index >= 15 is 0 Å². The first-order valence-electron chi connectivity index (χ1n) is 6.91. The van der Waals surface area contributed by atoms with Crippen LogP contribution in [-0.4, -0.2) is 18.3 Å². The molecule has 0 aliphatic rings. The fourth-order valence-electron chi connectivity index (χ4n) is 2.18. The molecule has 2 rings (SSSR count). The molecule has 0 fully saturated rings. The molecule has 2 aromatic rings. The molecule has 1 N–H and O–H groups in total. The van der Waals surface area contributed by atoms with E-state index in [1.807, 2.05) is 0 Å². The Kier molecular flexibility index (Phi) is 4.76. The van der Waals surface area contributed by atoms with E-state index in [-0.39, 0.29) is 10.6 Å². The van der Waals surface area contributed by atoms with E-state index in [1.54, 1.807) is 45.2 Å². The van der Waals surface area contributed by atoms with Gasteiger partial charge in [0.1, 0.15) is 0 Å². The maximum absolute atomic E-state index is 12.6. The van der Waals surface area contributed by atoms with Gasteiger partial charge in [-0.2, -0.15) is 0 Å². The van der Waals surface area contributed by atoms with Gasteiger partial charge < -0.3 is 0 Å². The first-order chi connectivity index (χ1) is 10.7. The molecule has 0 bridgehead atoms. The molecular weight excluding hydrogens is 318 g/mol. The fraction of sp³-hybridized carbons (Fsp3) is 0.267. The third kappa shape index (κ3) is 3.72. The summed E-state index contributed by atoms with van der Waals surface area (Å²) < 4.78 is 27.7. The average Bonchev–Trinajstić information content (AvgIpc) is 2.49. The fourth-order valence-corrected chi connectivity index (χ4v) is 3.74. The quantitative estimate of drug-likeness (QED) is 0.668. The van der Waals surface area contributed by atoms with Gasteiger partial charge >= 0.3 is 0 Å². The first kappa shape index (κ1) is 17.0. The van der Waals surface area contributed by atoms with Crippen molar-refractivity contribution in [1.29, 1.82) is 0 Å². The molecule has 0 unspecified atom stereocenters. The number of benzene rings is 1. The highest BCUT2D eigenvalue weighted by Crippen LogP contribution is 2.26. The molecule has 1 atom stereocenters. The molecule has 0 radical (unpaired) electrons. The van der Waals surface area contributed by atoms with Crippen LogP contribution in [0.4, 0.5) is 5.69 Å². The summed E-state index contributed by atoms with van der Waals surface area (Å²) in [4.78, 5) is 14.4. The third-order valence-corrected chi connectivity index (χ3v) is 5.24. The number of aryl methyl sites for hydroxylation is 1. The number of non-ortho nitro benzene ring substituents is 1. The van der Waals surface area contributed by atoms with Gasteiger partial charge in [-0.05, 0) is 44.0 Å². The Labute approximate surface area is 134 Å². The number of nitro groups is 1. The maximum atomic E-state index is 12.6. The second-order valence-corrected chi connectivity index (χ2v) is 6.92. The standard InChI is InChI=1S/C15H17N3O4S/c1-10-8-13(18(19)20)9-15(11(10)2)23(21,22)17-12(3)14-6-4-5-7-16-14/h4-9,12,17H,1-3H3/t12-/m0/s1. The molecular formula is C15H17N3O4S. The molecule has 1 aromatic carbocycles. The van der Waals surface area contributed by atoms with E-state index in [1.165, 1.54) is 6.07 Å². The van der Waals surface area contributed by atoms with Crippen molar-refractivity contribution < 1.29 is 13.3 Å². The van der Waals surface area contributed by atoms with E-state index in [0.717, 1.165) is 6.07 Å². The van der Waals surface area contributed by atoms with E-state index in [4.69, 9.17) is 0 Å². The second-order valence-electron chi connectivity index (χ2n) is 5.24. The molecule has 1 heterocycles. The molecule has 1 aromatic heterocycles. The lowest BCUT2D eigenvalue weighted by atomic mass is 10.1. The van der Waals surface area contributed by atoms with Gasteiger partial charge in [0.05, 0.1) is 21.6 Å². The van der Waals surface area contributed by atoms with Crippen molar-refractivity contribution in [2.45, 2.75) is 31.7 Å². The number of nitrogens with one attached hydrogen (secondary N) is 1. The van der Waals surface area contributed by atoms with Crippen LogP contribution in [0, 0.1) is 24.0 Å². The number of nitrogens with zero attached hydrogens (tertiary/aromatic N) is 2. The van der Waals surface area contributed by atoms with Crippen LogP contribution in [0.3, 0.4) is 0 Å². The van der Waals surface area contributed by atoms with Crippen LogP contribution in [0.1, 0.15) is 29.8 Å². The molecule has 7 nitrogen and oxygen atoms in total. The molecule has 0 saturated carbocycles. The number of nitro benzene ring substituents is 1. The van der Waals surface area contributed by atoms with Crippen molar-refractivity contribution in [3.8, 4) is 0 Å². The molecule has 0 amide bonds. The minimum Gasteiger partial charge on any atom is -0.260 e. The van der Waals surface area contributed by atoms with Crippen molar-refractivity contribution in [3.05, 3.63) is 63.5 Å². The smallest absolute Gasteiger partial charge is 0.260 e. The lowest BCUT2D eigenvalue weighted by molar-refractivity contribution is -0.385. The highest BCUT2D eigenvalue weighted by molar-refractivity contribution is 7.89. The minimum atomic E-state index is -3.91. The first-order valence-corrected chi connectivity index (χ1v) is 8.39. The molecule has 0 aliphatic heterocycles. The highest BCUT2D eigenvalue weighted by Gasteiger charge is 2.24. The largest absolute Gasteiger partial charge is 0.271 e. The van der Waals surface area contributed by atoms with E-state index in [0.29, 0.717) is 16.8 Å². The Morgan fingerprint density at radius 2 is 1.96 bits per heavy atom. The Balaban J connectivity index is 2.42. The summed E-state index contributed by atoms with van der Waals surface area (Å²) in [5.41, 5.74) is 1.34. The summed E-state index contributed by atoms with van der Waals surface area (Å²) in [6.45, 7) is 4.93. The highest BCUT2D eigenvalue weighted by atomic mass is 32.2. The zero-order chi connectivity index (χ0) is 17.2. The van der Waals surface area contributed by atoms with Crippen molar-refractivity contribution >= 4 is 15.7 Å². The van der Waals surface area contributed by atoms with Gasteiger partial charge in [-0.25, -0.2) is 13.1 Å². The number of rotatable bonds is 5. The maximum Gasteiger partial charge on any atom is 0.271 e. The van der Waals surface area contributed by atoms with Crippen LogP contribution in [0.25, 0.3) is 0 Å². The molecule has 0 saturated heterocycles. The Hall–Kier alpha value is -2.32. The van der Waals surface area contributed by atoms with Gasteiger partial charge in [0.2, 0.25) is 10.0 Å². The van der Waals surface area contributed by atoms with Crippen LogP contribution in [0.15, 0.2) is 41.4 Å². The molecule has 8 heteroatoms. The van der Waals surface area contributed by atoms with E-state index in [2.05, 4.69) is 9.71 Å².